The van der Waals surface area contributed by atoms with Gasteiger partial charge < -0.3 is 30.4 Å². The molecule has 2 fully saturated rings. The van der Waals surface area contributed by atoms with Gasteiger partial charge in [-0.3, -0.25) is 14.4 Å². The number of carboxylic acid groups (broad SMARTS) is 1. The molecule has 2 amide bonds. The second-order valence-electron chi connectivity index (χ2n) is 10.3. The number of carboxylic acids is 1. The number of carbonyl (C=O) groups is 3. The number of aliphatic carboxylic acids is 1. The molecular formula is C26H34ClF2N5O5. The standard InChI is InChI=1S/C26H34ClF2N5O5/c1-32(31)23(24(28)29)18(30)13-39-20-8-7-17(27)16-9-11-34(25(36)14-4-2-5-15(14)26(37)38)19(22(16)20)12-33-10-3-6-21(33)35/h7-8,14-15,19,24H,2-6,9-13,30-31H2,1H3,(H,37,38)/b23-18-/t14-,15+,19+/m0/s1. The number of fused-ring (bicyclic) bond motifs is 1. The normalized spacial score (nSPS) is 23.6. The van der Waals surface area contributed by atoms with E-state index in [-0.39, 0.29) is 24.1 Å². The quantitative estimate of drug-likeness (QED) is 0.304. The van der Waals surface area contributed by atoms with E-state index in [1.807, 2.05) is 0 Å². The number of amides is 2. The first-order chi connectivity index (χ1) is 18.5. The molecule has 0 aromatic heterocycles. The predicted molar refractivity (Wildman–Crippen MR) is 139 cm³/mol. The third-order valence-electron chi connectivity index (χ3n) is 7.87. The molecule has 2 aliphatic heterocycles. The number of allylic oxidation sites excluding steroid dienone is 1. The highest BCUT2D eigenvalue weighted by Gasteiger charge is 2.44. The minimum atomic E-state index is -2.92. The Kier molecular flexibility index (Phi) is 8.85. The van der Waals surface area contributed by atoms with E-state index in [9.17, 15) is 28.3 Å². The molecule has 1 saturated carbocycles. The minimum Gasteiger partial charge on any atom is -0.487 e. The van der Waals surface area contributed by atoms with Crippen LogP contribution in [0.25, 0.3) is 0 Å². The number of hydrogen-bond acceptors (Lipinski definition) is 7. The van der Waals surface area contributed by atoms with E-state index >= 15 is 0 Å². The number of hydrazine groups is 1. The maximum atomic E-state index is 13.8. The smallest absolute Gasteiger partial charge is 0.307 e. The second-order valence-corrected chi connectivity index (χ2v) is 10.7. The Morgan fingerprint density at radius 1 is 1.21 bits per heavy atom. The third-order valence-corrected chi connectivity index (χ3v) is 8.22. The summed E-state index contributed by atoms with van der Waals surface area (Å²) in [6.45, 7) is 0.598. The molecule has 5 N–H and O–H groups in total. The van der Waals surface area contributed by atoms with Gasteiger partial charge in [0.2, 0.25) is 11.8 Å². The summed E-state index contributed by atoms with van der Waals surface area (Å²) in [7, 11) is 1.25. The minimum absolute atomic E-state index is 0.0389. The molecule has 1 aromatic rings. The lowest BCUT2D eigenvalue weighted by atomic mass is 9.88. The van der Waals surface area contributed by atoms with E-state index in [1.54, 1.807) is 21.9 Å². The van der Waals surface area contributed by atoms with Gasteiger partial charge in [0, 0.05) is 43.7 Å². The Bertz CT molecular complexity index is 1150. The molecule has 4 rings (SSSR count). The van der Waals surface area contributed by atoms with Crippen molar-refractivity contribution in [1.82, 2.24) is 14.8 Å². The number of nitrogens with zero attached hydrogens (tertiary/aromatic N) is 3. The maximum Gasteiger partial charge on any atom is 0.307 e. The number of alkyl halides is 2. The highest BCUT2D eigenvalue weighted by molar-refractivity contribution is 6.31. The van der Waals surface area contributed by atoms with Crippen LogP contribution < -0.4 is 16.3 Å². The first kappa shape index (κ1) is 28.9. The molecule has 3 aliphatic rings. The van der Waals surface area contributed by atoms with Gasteiger partial charge in [0.05, 0.1) is 23.6 Å². The average Bonchev–Trinajstić information content (AvgIpc) is 3.52. The Hall–Kier alpha value is -3.12. The van der Waals surface area contributed by atoms with Crippen molar-refractivity contribution in [3.8, 4) is 5.75 Å². The van der Waals surface area contributed by atoms with E-state index < -0.39 is 42.6 Å². The van der Waals surface area contributed by atoms with Crippen molar-refractivity contribution in [1.29, 1.82) is 0 Å². The Labute approximate surface area is 230 Å². The lowest BCUT2D eigenvalue weighted by molar-refractivity contribution is -0.150. The topological polar surface area (TPSA) is 142 Å². The number of hydrogen-bond donors (Lipinski definition) is 3. The summed E-state index contributed by atoms with van der Waals surface area (Å²) in [4.78, 5) is 41.6. The predicted octanol–water partition coefficient (Wildman–Crippen LogP) is 2.51. The molecular weight excluding hydrogens is 536 g/mol. The van der Waals surface area contributed by atoms with Gasteiger partial charge in [0.25, 0.3) is 6.43 Å². The molecule has 10 nitrogen and oxygen atoms in total. The van der Waals surface area contributed by atoms with Gasteiger partial charge in [-0.1, -0.05) is 18.0 Å². The molecule has 2 heterocycles. The number of benzene rings is 1. The van der Waals surface area contributed by atoms with Crippen molar-refractivity contribution in [3.05, 3.63) is 39.7 Å². The SMILES string of the molecule is CN(N)/C(=C(\N)COc1ccc(Cl)c2c1[C@@H](CN1CCCC1=O)N(C(=O)[C@H]1CCC[C@H]1C(=O)O)CC2)C(F)F. The van der Waals surface area contributed by atoms with E-state index in [0.717, 1.165) is 10.6 Å². The van der Waals surface area contributed by atoms with Crippen LogP contribution in [0.4, 0.5) is 8.78 Å². The molecule has 13 heteroatoms. The van der Waals surface area contributed by atoms with Crippen LogP contribution in [0.5, 0.6) is 5.75 Å². The zero-order chi connectivity index (χ0) is 28.4. The highest BCUT2D eigenvalue weighted by atomic mass is 35.5. The Morgan fingerprint density at radius 3 is 2.54 bits per heavy atom. The van der Waals surface area contributed by atoms with Crippen LogP contribution in [0.2, 0.25) is 5.02 Å². The number of ether oxygens (including phenoxy) is 1. The van der Waals surface area contributed by atoms with Gasteiger partial charge in [-0.05, 0) is 43.4 Å². The molecule has 0 spiro atoms. The summed E-state index contributed by atoms with van der Waals surface area (Å²) in [5, 5.41) is 10.9. The monoisotopic (exact) mass is 569 g/mol. The summed E-state index contributed by atoms with van der Waals surface area (Å²) in [6.07, 6.45) is 0.0986. The lowest BCUT2D eigenvalue weighted by Crippen LogP contribution is -2.48. The van der Waals surface area contributed by atoms with Crippen LogP contribution in [-0.2, 0) is 20.8 Å². The summed E-state index contributed by atoms with van der Waals surface area (Å²) in [5.74, 6) is 3.06. The van der Waals surface area contributed by atoms with E-state index in [1.165, 1.54) is 7.05 Å². The molecule has 1 aromatic carbocycles. The number of likely N-dealkylation sites (tertiary alicyclic amines) is 1. The van der Waals surface area contributed by atoms with Gasteiger partial charge in [0.1, 0.15) is 18.1 Å². The molecule has 39 heavy (non-hydrogen) atoms. The van der Waals surface area contributed by atoms with Crippen LogP contribution in [0, 0.1) is 11.8 Å². The molecule has 0 radical (unpaired) electrons. The van der Waals surface area contributed by atoms with E-state index in [2.05, 4.69) is 0 Å². The summed E-state index contributed by atoms with van der Waals surface area (Å²) >= 11 is 6.57. The zero-order valence-corrected chi connectivity index (χ0v) is 22.5. The van der Waals surface area contributed by atoms with Gasteiger partial charge in [-0.15, -0.1) is 0 Å². The fourth-order valence-corrected chi connectivity index (χ4v) is 6.24. The second kappa shape index (κ2) is 12.0. The van der Waals surface area contributed by atoms with Gasteiger partial charge in [0.15, 0.2) is 0 Å². The number of halogens is 3. The first-order valence-corrected chi connectivity index (χ1v) is 13.4. The van der Waals surface area contributed by atoms with Gasteiger partial charge in [-0.25, -0.2) is 14.6 Å². The van der Waals surface area contributed by atoms with Crippen LogP contribution in [0.3, 0.4) is 0 Å². The van der Waals surface area contributed by atoms with Crippen LogP contribution >= 0.6 is 11.6 Å². The Balaban J connectivity index is 1.73. The van der Waals surface area contributed by atoms with E-state index in [4.69, 9.17) is 27.9 Å². The average molecular weight is 570 g/mol. The van der Waals surface area contributed by atoms with Gasteiger partial charge >= 0.3 is 5.97 Å². The highest BCUT2D eigenvalue weighted by Crippen LogP contribution is 2.43. The number of rotatable bonds is 9. The van der Waals surface area contributed by atoms with Crippen molar-refractivity contribution >= 4 is 29.4 Å². The van der Waals surface area contributed by atoms with Crippen molar-refractivity contribution in [3.63, 3.8) is 0 Å². The molecule has 0 unspecified atom stereocenters. The van der Waals surface area contributed by atoms with Crippen molar-refractivity contribution in [2.75, 3.05) is 33.3 Å². The van der Waals surface area contributed by atoms with Gasteiger partial charge in [-0.2, -0.15) is 0 Å². The van der Waals surface area contributed by atoms with Crippen LogP contribution in [0.15, 0.2) is 23.5 Å². The number of carbonyl (C=O) groups excluding carboxylic acids is 2. The number of nitrogens with two attached hydrogens (primary N) is 2. The molecule has 1 saturated heterocycles. The first-order valence-electron chi connectivity index (χ1n) is 13.0. The summed E-state index contributed by atoms with van der Waals surface area (Å²) in [5.41, 5.74) is 6.37. The molecule has 3 atom stereocenters. The largest absolute Gasteiger partial charge is 0.487 e. The third kappa shape index (κ3) is 5.91. The van der Waals surface area contributed by atoms with E-state index in [0.29, 0.717) is 68.0 Å². The molecule has 0 bridgehead atoms. The summed E-state index contributed by atoms with van der Waals surface area (Å²) in [6, 6.07) is 2.56. The molecule has 1 aliphatic carbocycles. The summed E-state index contributed by atoms with van der Waals surface area (Å²) < 4.78 is 32.9. The van der Waals surface area contributed by atoms with Crippen LogP contribution in [0.1, 0.15) is 49.3 Å². The van der Waals surface area contributed by atoms with Crippen molar-refractivity contribution < 1.29 is 33.0 Å². The molecule has 214 valence electrons. The Morgan fingerprint density at radius 2 is 1.92 bits per heavy atom. The zero-order valence-electron chi connectivity index (χ0n) is 21.7. The van der Waals surface area contributed by atoms with Crippen molar-refractivity contribution in [2.24, 2.45) is 23.4 Å². The van der Waals surface area contributed by atoms with Crippen molar-refractivity contribution in [2.45, 2.75) is 51.0 Å². The fraction of sp³-hybridized carbons (Fsp3) is 0.577. The fourth-order valence-electron chi connectivity index (χ4n) is 5.98. The lowest BCUT2D eigenvalue weighted by Gasteiger charge is -2.41. The maximum absolute atomic E-state index is 13.8. The van der Waals surface area contributed by atoms with Crippen LogP contribution in [-0.4, -0.2) is 77.4 Å².